The first-order valence-electron chi connectivity index (χ1n) is 7.47. The summed E-state index contributed by atoms with van der Waals surface area (Å²) in [6.45, 7) is 1.99. The third-order valence-corrected chi connectivity index (χ3v) is 3.33. The molecule has 0 aliphatic heterocycles. The normalized spacial score (nSPS) is 10.8. The van der Waals surface area contributed by atoms with E-state index in [4.69, 9.17) is 23.7 Å². The van der Waals surface area contributed by atoms with Crippen LogP contribution in [0.4, 0.5) is 11.4 Å². The topological polar surface area (TPSA) is 101 Å². The molecule has 6 N–H and O–H groups in total. The van der Waals surface area contributed by atoms with Gasteiger partial charge in [-0.25, -0.2) is 0 Å². The molecule has 0 aromatic heterocycles. The van der Waals surface area contributed by atoms with Crippen LogP contribution in [0.2, 0.25) is 0 Å². The van der Waals surface area contributed by atoms with Crippen LogP contribution in [0.15, 0.2) is 64.8 Å². The predicted molar refractivity (Wildman–Crippen MR) is 105 cm³/mol. The molecule has 0 aliphatic rings. The monoisotopic (exact) mass is 340 g/mol. The predicted octanol–water partition coefficient (Wildman–Crippen LogP) is 2.88. The van der Waals surface area contributed by atoms with Crippen LogP contribution in [0.5, 0.6) is 0 Å². The fourth-order valence-corrected chi connectivity index (χ4v) is 2.25. The maximum atomic E-state index is 5.31. The molecule has 0 bridgehead atoms. The number of thiocarbonyl (C=S) groups is 1. The zero-order chi connectivity index (χ0) is 17.4. The Labute approximate surface area is 146 Å². The number of rotatable bonds is 5. The number of benzene rings is 2. The summed E-state index contributed by atoms with van der Waals surface area (Å²) in [5.74, 6) is -0.0587. The second-order valence-electron chi connectivity index (χ2n) is 4.95. The standard InChI is InChI=1S/C17H20N6S/c1-2-15(22-23-16(18)19)12-8-10-14(11-9-12)21-17(24)20-13-6-4-3-5-7-13/h3-11H,2H2,1H3,(H4,18,19,23)(H2,20,21,24)/b22-15+. The molecule has 2 aromatic rings. The van der Waals surface area contributed by atoms with Crippen LogP contribution in [-0.4, -0.2) is 16.8 Å². The Morgan fingerprint density at radius 3 is 2.04 bits per heavy atom. The van der Waals surface area contributed by atoms with Gasteiger partial charge in [-0.15, -0.1) is 5.10 Å². The van der Waals surface area contributed by atoms with E-state index < -0.39 is 0 Å². The van der Waals surface area contributed by atoms with Crippen LogP contribution in [0.1, 0.15) is 18.9 Å². The summed E-state index contributed by atoms with van der Waals surface area (Å²) in [6.07, 6.45) is 0.720. The lowest BCUT2D eigenvalue weighted by atomic mass is 10.1. The first-order chi connectivity index (χ1) is 11.6. The number of hydrogen-bond donors (Lipinski definition) is 4. The smallest absolute Gasteiger partial charge is 0.211 e. The molecule has 6 nitrogen and oxygen atoms in total. The Bertz CT molecular complexity index is 733. The average Bonchev–Trinajstić information content (AvgIpc) is 2.57. The summed E-state index contributed by atoms with van der Waals surface area (Å²) >= 11 is 5.30. The third-order valence-electron chi connectivity index (χ3n) is 3.13. The minimum Gasteiger partial charge on any atom is -0.369 e. The highest BCUT2D eigenvalue weighted by Gasteiger charge is 2.03. The number of para-hydroxylation sites is 1. The fraction of sp³-hybridized carbons (Fsp3) is 0.118. The Balaban J connectivity index is 2.02. The number of anilines is 2. The second kappa shape index (κ2) is 8.64. The second-order valence-corrected chi connectivity index (χ2v) is 5.36. The number of hydrogen-bond acceptors (Lipinski definition) is 3. The lowest BCUT2D eigenvalue weighted by Gasteiger charge is -2.11. The summed E-state index contributed by atoms with van der Waals surface area (Å²) in [6, 6.07) is 17.5. The molecule has 0 aliphatic carbocycles. The maximum absolute atomic E-state index is 5.31. The molecule has 0 fully saturated rings. The molecule has 0 unspecified atom stereocenters. The Kier molecular flexibility index (Phi) is 6.27. The molecule has 0 saturated carbocycles. The minimum atomic E-state index is -0.0587. The minimum absolute atomic E-state index is 0.0587. The molecular weight excluding hydrogens is 320 g/mol. The average molecular weight is 340 g/mol. The summed E-state index contributed by atoms with van der Waals surface area (Å²) in [4.78, 5) is 0. The van der Waals surface area contributed by atoms with Crippen LogP contribution in [0.25, 0.3) is 0 Å². The van der Waals surface area contributed by atoms with Gasteiger partial charge in [-0.3, -0.25) is 0 Å². The Hall–Kier alpha value is -2.93. The molecule has 124 valence electrons. The van der Waals surface area contributed by atoms with Crippen LogP contribution >= 0.6 is 12.2 Å². The van der Waals surface area contributed by atoms with E-state index in [2.05, 4.69) is 20.8 Å². The van der Waals surface area contributed by atoms with E-state index in [1.165, 1.54) is 0 Å². The summed E-state index contributed by atoms with van der Waals surface area (Å²) < 4.78 is 0. The van der Waals surface area contributed by atoms with Gasteiger partial charge in [-0.05, 0) is 48.5 Å². The van der Waals surface area contributed by atoms with E-state index in [1.54, 1.807) is 0 Å². The van der Waals surface area contributed by atoms with Gasteiger partial charge in [0.05, 0.1) is 5.71 Å². The van der Waals surface area contributed by atoms with Gasteiger partial charge < -0.3 is 22.1 Å². The lowest BCUT2D eigenvalue weighted by molar-refractivity contribution is 1.15. The van der Waals surface area contributed by atoms with Crippen molar-refractivity contribution in [2.75, 3.05) is 10.6 Å². The number of nitrogens with zero attached hydrogens (tertiary/aromatic N) is 2. The van der Waals surface area contributed by atoms with Crippen molar-refractivity contribution in [3.63, 3.8) is 0 Å². The zero-order valence-electron chi connectivity index (χ0n) is 13.4. The van der Waals surface area contributed by atoms with Crippen molar-refractivity contribution in [2.24, 2.45) is 21.7 Å². The first kappa shape index (κ1) is 17.4. The SMILES string of the molecule is CC/C(=N\N=C(N)N)c1ccc(NC(=S)Nc2ccccc2)cc1. The molecule has 24 heavy (non-hydrogen) atoms. The van der Waals surface area contributed by atoms with Gasteiger partial charge in [0.25, 0.3) is 0 Å². The number of nitrogens with one attached hydrogen (secondary N) is 2. The highest BCUT2D eigenvalue weighted by molar-refractivity contribution is 7.80. The van der Waals surface area contributed by atoms with Gasteiger partial charge in [0.15, 0.2) is 5.11 Å². The van der Waals surface area contributed by atoms with Gasteiger partial charge in [0.1, 0.15) is 0 Å². The van der Waals surface area contributed by atoms with Gasteiger partial charge in [-0.2, -0.15) is 5.10 Å². The van der Waals surface area contributed by atoms with Crippen molar-refractivity contribution in [1.29, 1.82) is 0 Å². The van der Waals surface area contributed by atoms with Crippen molar-refractivity contribution < 1.29 is 0 Å². The molecule has 2 aromatic carbocycles. The zero-order valence-corrected chi connectivity index (χ0v) is 14.2. The quantitative estimate of drug-likeness (QED) is 0.290. The van der Waals surface area contributed by atoms with E-state index >= 15 is 0 Å². The van der Waals surface area contributed by atoms with E-state index in [0.717, 1.165) is 29.1 Å². The van der Waals surface area contributed by atoms with Gasteiger partial charge in [0, 0.05) is 11.4 Å². The van der Waals surface area contributed by atoms with Gasteiger partial charge in [0.2, 0.25) is 5.96 Å². The molecule has 0 heterocycles. The van der Waals surface area contributed by atoms with E-state index in [-0.39, 0.29) is 5.96 Å². The van der Waals surface area contributed by atoms with Gasteiger partial charge in [-0.1, -0.05) is 37.3 Å². The molecule has 2 rings (SSSR count). The summed E-state index contributed by atoms with van der Waals surface area (Å²) in [5, 5.41) is 14.5. The number of guanidine groups is 1. The first-order valence-corrected chi connectivity index (χ1v) is 7.88. The lowest BCUT2D eigenvalue weighted by Crippen LogP contribution is -2.22. The molecule has 0 amide bonds. The van der Waals surface area contributed by atoms with Crippen molar-refractivity contribution in [3.8, 4) is 0 Å². The van der Waals surface area contributed by atoms with Crippen molar-refractivity contribution in [2.45, 2.75) is 13.3 Å². The highest BCUT2D eigenvalue weighted by atomic mass is 32.1. The molecule has 0 atom stereocenters. The molecule has 0 radical (unpaired) electrons. The van der Waals surface area contributed by atoms with Crippen molar-refractivity contribution in [1.82, 2.24) is 0 Å². The Morgan fingerprint density at radius 1 is 0.917 bits per heavy atom. The van der Waals surface area contributed by atoms with Gasteiger partial charge >= 0.3 is 0 Å². The summed E-state index contributed by atoms with van der Waals surface area (Å²) in [7, 11) is 0. The van der Waals surface area contributed by atoms with E-state index in [9.17, 15) is 0 Å². The van der Waals surface area contributed by atoms with Crippen LogP contribution < -0.4 is 22.1 Å². The van der Waals surface area contributed by atoms with Crippen molar-refractivity contribution in [3.05, 3.63) is 60.2 Å². The third kappa shape index (κ3) is 5.36. The largest absolute Gasteiger partial charge is 0.369 e. The van der Waals surface area contributed by atoms with Crippen LogP contribution in [0, 0.1) is 0 Å². The maximum Gasteiger partial charge on any atom is 0.211 e. The van der Waals surface area contributed by atoms with Crippen LogP contribution in [-0.2, 0) is 0 Å². The number of nitrogens with two attached hydrogens (primary N) is 2. The molecular formula is C17H20N6S. The fourth-order valence-electron chi connectivity index (χ4n) is 2.01. The molecule has 0 spiro atoms. The molecule has 7 heteroatoms. The Morgan fingerprint density at radius 2 is 1.50 bits per heavy atom. The van der Waals surface area contributed by atoms with Crippen molar-refractivity contribution >= 4 is 40.4 Å². The highest BCUT2D eigenvalue weighted by Crippen LogP contribution is 2.13. The molecule has 0 saturated heterocycles. The van der Waals surface area contributed by atoms with E-state index in [0.29, 0.717) is 5.11 Å². The van der Waals surface area contributed by atoms with Crippen LogP contribution in [0.3, 0.4) is 0 Å². The van der Waals surface area contributed by atoms with E-state index in [1.807, 2.05) is 61.5 Å². The summed E-state index contributed by atoms with van der Waals surface area (Å²) in [5.41, 5.74) is 14.2.